The van der Waals surface area contributed by atoms with Gasteiger partial charge in [-0.3, -0.25) is 33.8 Å². The number of nitrogens with one attached hydrogen (secondary N) is 6. The Morgan fingerprint density at radius 2 is 1.52 bits per heavy atom. The summed E-state index contributed by atoms with van der Waals surface area (Å²) >= 11 is 0. The number of aliphatic imine (C=N–C) groups is 1. The lowest BCUT2D eigenvalue weighted by Crippen LogP contribution is -2.58. The molecule has 48 heavy (non-hydrogen) atoms. The minimum absolute atomic E-state index is 0.0340. The summed E-state index contributed by atoms with van der Waals surface area (Å²) in [5.74, 6) is -7.87. The van der Waals surface area contributed by atoms with Gasteiger partial charge in [-0.15, -0.1) is 0 Å². The Morgan fingerprint density at radius 3 is 2.06 bits per heavy atom. The van der Waals surface area contributed by atoms with Gasteiger partial charge in [0.1, 0.15) is 24.2 Å². The Bertz CT molecular complexity index is 1290. The zero-order chi connectivity index (χ0) is 36.4. The summed E-state index contributed by atoms with van der Waals surface area (Å²) in [6.45, 7) is 1.89. The van der Waals surface area contributed by atoms with Gasteiger partial charge >= 0.3 is 11.9 Å². The molecule has 1 aromatic rings. The van der Waals surface area contributed by atoms with Crippen LogP contribution < -0.4 is 43.8 Å². The van der Waals surface area contributed by atoms with E-state index < -0.39 is 91.3 Å². The summed E-state index contributed by atoms with van der Waals surface area (Å²) in [4.78, 5) is 97.5. The number of H-pyrrole nitrogens is 1. The van der Waals surface area contributed by atoms with E-state index in [1.807, 2.05) is 5.32 Å². The number of guanidine groups is 1. The number of carbonyl (C=O) groups is 7. The van der Waals surface area contributed by atoms with Gasteiger partial charge in [0.05, 0.1) is 31.9 Å². The molecule has 1 rings (SSSR count). The Hall–Kier alpha value is -5.31. The van der Waals surface area contributed by atoms with Crippen LogP contribution in [0.25, 0.3) is 0 Å². The first kappa shape index (κ1) is 40.7. The van der Waals surface area contributed by atoms with Crippen molar-refractivity contribution in [2.45, 2.75) is 76.2 Å². The number of aliphatic hydroxyl groups excluding tert-OH is 1. The van der Waals surface area contributed by atoms with Gasteiger partial charge in [-0.05, 0) is 25.2 Å². The van der Waals surface area contributed by atoms with Crippen LogP contribution in [0.3, 0.4) is 0 Å². The van der Waals surface area contributed by atoms with Crippen molar-refractivity contribution in [1.82, 2.24) is 36.6 Å². The van der Waals surface area contributed by atoms with Gasteiger partial charge in [0.2, 0.25) is 29.5 Å². The Labute approximate surface area is 275 Å². The number of hydrogen-bond acceptors (Lipinski definition) is 11. The van der Waals surface area contributed by atoms with Crippen molar-refractivity contribution in [3.8, 4) is 0 Å². The summed E-state index contributed by atoms with van der Waals surface area (Å²) in [6.07, 6.45) is 2.39. The fraction of sp³-hybridized carbons (Fsp3) is 0.593. The van der Waals surface area contributed by atoms with Crippen LogP contribution in [0.15, 0.2) is 17.5 Å². The fourth-order valence-corrected chi connectivity index (χ4v) is 4.13. The third kappa shape index (κ3) is 15.8. The zero-order valence-corrected chi connectivity index (χ0v) is 26.6. The van der Waals surface area contributed by atoms with Crippen LogP contribution in [0.5, 0.6) is 0 Å². The second-order valence-electron chi connectivity index (χ2n) is 11.1. The molecule has 0 aliphatic rings. The number of rotatable bonds is 22. The summed E-state index contributed by atoms with van der Waals surface area (Å²) in [5.41, 5.74) is 17.3. The van der Waals surface area contributed by atoms with Gasteiger partial charge in [0, 0.05) is 24.9 Å². The van der Waals surface area contributed by atoms with Crippen molar-refractivity contribution in [2.24, 2.45) is 28.1 Å². The largest absolute Gasteiger partial charge is 0.481 e. The SMILES string of the molecule is CC(C)C[C@H](NC(=O)[C@H](CCCN=C(N)N)NC(=O)[C@@H](N)Cc1cnc[nH]1)C(=O)N[C@@H](CC(=O)O)C(=O)NCC(=O)N[C@@H](CO)C(=O)O. The van der Waals surface area contributed by atoms with Crippen molar-refractivity contribution in [2.75, 3.05) is 19.7 Å². The highest BCUT2D eigenvalue weighted by Crippen LogP contribution is 2.09. The van der Waals surface area contributed by atoms with E-state index in [2.05, 4.69) is 36.2 Å². The molecule has 0 aliphatic carbocycles. The molecule has 1 heterocycles. The molecule has 21 heteroatoms. The maximum atomic E-state index is 13.5. The molecular weight excluding hydrogens is 638 g/mol. The van der Waals surface area contributed by atoms with Crippen LogP contribution in [0.1, 0.15) is 45.2 Å². The fourth-order valence-electron chi connectivity index (χ4n) is 4.13. The number of aliphatic carboxylic acids is 2. The quantitative estimate of drug-likeness (QED) is 0.0309. The van der Waals surface area contributed by atoms with Crippen molar-refractivity contribution < 1.29 is 48.9 Å². The highest BCUT2D eigenvalue weighted by atomic mass is 16.4. The van der Waals surface area contributed by atoms with Gasteiger partial charge in [0.15, 0.2) is 5.96 Å². The molecule has 0 saturated heterocycles. The lowest BCUT2D eigenvalue weighted by molar-refractivity contribution is -0.143. The van der Waals surface area contributed by atoms with Crippen molar-refractivity contribution in [3.05, 3.63) is 18.2 Å². The van der Waals surface area contributed by atoms with Crippen LogP contribution in [0, 0.1) is 5.92 Å². The first-order valence-corrected chi connectivity index (χ1v) is 14.9. The van der Waals surface area contributed by atoms with Crippen molar-refractivity contribution in [1.29, 1.82) is 0 Å². The average molecular weight is 684 g/mol. The van der Waals surface area contributed by atoms with E-state index in [4.69, 9.17) is 27.4 Å². The third-order valence-electron chi connectivity index (χ3n) is 6.50. The van der Waals surface area contributed by atoms with E-state index in [-0.39, 0.29) is 44.1 Å². The molecule has 0 bridgehead atoms. The summed E-state index contributed by atoms with van der Waals surface area (Å²) in [5, 5.41) is 38.7. The van der Waals surface area contributed by atoms with Gasteiger partial charge in [-0.25, -0.2) is 9.78 Å². The maximum Gasteiger partial charge on any atom is 0.328 e. The summed E-state index contributed by atoms with van der Waals surface area (Å²) < 4.78 is 0. The number of aromatic nitrogens is 2. The standard InChI is InChI=1S/C27H45N11O10/c1-13(2)6-17(25(46)38-18(8-21(41)42)23(44)33-10-20(40)35-19(11-39)26(47)48)37-24(45)16(4-3-5-32-27(29)30)36-22(43)15(28)7-14-9-31-12-34-14/h9,12-13,15-19,39H,3-8,10-11,28H2,1-2H3,(H,31,34)(H,33,44)(H,35,40)(H,36,43)(H,37,45)(H,38,46)(H,41,42)(H,47,48)(H4,29,30,32)/t15-,16-,17-,18-,19-/m0/s1. The predicted octanol–water partition coefficient (Wildman–Crippen LogP) is -5.01. The second-order valence-corrected chi connectivity index (χ2v) is 11.1. The van der Waals surface area contributed by atoms with E-state index in [1.165, 1.54) is 12.5 Å². The van der Waals surface area contributed by atoms with Crippen LogP contribution in [0.4, 0.5) is 0 Å². The van der Waals surface area contributed by atoms with Crippen LogP contribution in [-0.4, -0.2) is 123 Å². The van der Waals surface area contributed by atoms with E-state index in [0.717, 1.165) is 0 Å². The topological polar surface area (TPSA) is 359 Å². The molecule has 1 aromatic heterocycles. The maximum absolute atomic E-state index is 13.5. The zero-order valence-electron chi connectivity index (χ0n) is 26.6. The van der Waals surface area contributed by atoms with Crippen molar-refractivity contribution in [3.63, 3.8) is 0 Å². The smallest absolute Gasteiger partial charge is 0.328 e. The first-order valence-electron chi connectivity index (χ1n) is 14.9. The molecule has 0 saturated carbocycles. The molecule has 5 atom stereocenters. The monoisotopic (exact) mass is 683 g/mol. The predicted molar refractivity (Wildman–Crippen MR) is 167 cm³/mol. The van der Waals surface area contributed by atoms with E-state index in [1.54, 1.807) is 13.8 Å². The number of amides is 5. The van der Waals surface area contributed by atoms with Gasteiger partial charge < -0.3 is 64.1 Å². The van der Waals surface area contributed by atoms with Crippen LogP contribution in [0.2, 0.25) is 0 Å². The van der Waals surface area contributed by atoms with Gasteiger partial charge in [0.25, 0.3) is 0 Å². The minimum atomic E-state index is -1.71. The summed E-state index contributed by atoms with van der Waals surface area (Å²) in [6, 6.07) is -6.92. The minimum Gasteiger partial charge on any atom is -0.481 e. The molecular formula is C27H45N11O10. The lowest BCUT2D eigenvalue weighted by atomic mass is 10.0. The summed E-state index contributed by atoms with van der Waals surface area (Å²) in [7, 11) is 0. The molecule has 0 aliphatic heterocycles. The molecule has 0 unspecified atom stereocenters. The number of imidazole rings is 1. The molecule has 0 radical (unpaired) electrons. The number of carbonyl (C=O) groups excluding carboxylic acids is 5. The first-order chi connectivity index (χ1) is 22.5. The highest BCUT2D eigenvalue weighted by Gasteiger charge is 2.32. The van der Waals surface area contributed by atoms with Crippen LogP contribution >= 0.6 is 0 Å². The Kier molecular flexibility index (Phi) is 17.6. The Balaban J connectivity index is 3.08. The number of hydrogen-bond donors (Lipinski definition) is 12. The number of aromatic amines is 1. The molecule has 0 aromatic carbocycles. The van der Waals surface area contributed by atoms with E-state index >= 15 is 0 Å². The second kappa shape index (κ2) is 20.7. The molecule has 0 fully saturated rings. The van der Waals surface area contributed by atoms with Crippen molar-refractivity contribution >= 4 is 47.4 Å². The van der Waals surface area contributed by atoms with Gasteiger partial charge in [-0.2, -0.15) is 0 Å². The number of carboxylic acid groups (broad SMARTS) is 2. The van der Waals surface area contributed by atoms with E-state index in [9.17, 15) is 38.7 Å². The van der Waals surface area contributed by atoms with Gasteiger partial charge in [-0.1, -0.05) is 13.8 Å². The Morgan fingerprint density at radius 1 is 0.896 bits per heavy atom. The molecule has 5 amide bonds. The molecule has 268 valence electrons. The normalized spacial score (nSPS) is 13.9. The molecule has 21 nitrogen and oxygen atoms in total. The van der Waals surface area contributed by atoms with Crippen LogP contribution in [-0.2, 0) is 40.0 Å². The lowest BCUT2D eigenvalue weighted by Gasteiger charge is -2.26. The number of nitrogens with zero attached hydrogens (tertiary/aromatic N) is 2. The number of nitrogens with two attached hydrogens (primary N) is 3. The molecule has 0 spiro atoms. The number of aliphatic hydroxyl groups is 1. The third-order valence-corrected chi connectivity index (χ3v) is 6.50. The van der Waals surface area contributed by atoms with E-state index in [0.29, 0.717) is 5.69 Å². The molecule has 15 N–H and O–H groups in total. The highest BCUT2D eigenvalue weighted by molar-refractivity contribution is 5.96. The average Bonchev–Trinajstić information content (AvgIpc) is 3.51. The number of carboxylic acids is 2.